The fourth-order valence-corrected chi connectivity index (χ4v) is 2.94. The van der Waals surface area contributed by atoms with E-state index in [2.05, 4.69) is 6.92 Å². The van der Waals surface area contributed by atoms with Crippen LogP contribution < -0.4 is 0 Å². The lowest BCUT2D eigenvalue weighted by Gasteiger charge is -2.05. The molecule has 0 aliphatic heterocycles. The first-order chi connectivity index (χ1) is 8.25. The molecule has 3 heteroatoms. The van der Waals surface area contributed by atoms with Gasteiger partial charge in [-0.3, -0.25) is 9.59 Å². The van der Waals surface area contributed by atoms with Gasteiger partial charge in [0.05, 0.1) is 12.5 Å². The summed E-state index contributed by atoms with van der Waals surface area (Å²) in [7, 11) is 0. The molecule has 0 bridgehead atoms. The fraction of sp³-hybridized carbons (Fsp3) is 0.857. The van der Waals surface area contributed by atoms with Crippen molar-refractivity contribution in [2.75, 3.05) is 6.61 Å². The number of carbonyl (C=O) groups excluding carboxylic acids is 2. The highest BCUT2D eigenvalue weighted by Crippen LogP contribution is 2.55. The standard InChI is InChI=1S/C14H22O3/c1-2-3-4-5-6-9-17-14(16)13-10-7-8-11(15)12(10)13/h10,12-13H,2-9H2,1H3/t10-,12-,13+/m1/s1. The summed E-state index contributed by atoms with van der Waals surface area (Å²) in [5, 5.41) is 0. The maximum Gasteiger partial charge on any atom is 0.309 e. The summed E-state index contributed by atoms with van der Waals surface area (Å²) in [4.78, 5) is 23.0. The molecule has 0 unspecified atom stereocenters. The molecule has 17 heavy (non-hydrogen) atoms. The normalized spacial score (nSPS) is 30.2. The predicted molar refractivity (Wildman–Crippen MR) is 64.4 cm³/mol. The Bertz CT molecular complexity index is 298. The quantitative estimate of drug-likeness (QED) is 0.506. The molecule has 0 aromatic carbocycles. The highest BCUT2D eigenvalue weighted by molar-refractivity contribution is 5.94. The van der Waals surface area contributed by atoms with E-state index in [0.29, 0.717) is 18.9 Å². The first-order valence-corrected chi connectivity index (χ1v) is 6.95. The van der Waals surface area contributed by atoms with Crippen molar-refractivity contribution in [3.8, 4) is 0 Å². The number of hydrogen-bond acceptors (Lipinski definition) is 3. The van der Waals surface area contributed by atoms with Gasteiger partial charge in [0.25, 0.3) is 0 Å². The number of unbranched alkanes of at least 4 members (excludes halogenated alkanes) is 4. The lowest BCUT2D eigenvalue weighted by Crippen LogP contribution is -2.13. The summed E-state index contributed by atoms with van der Waals surface area (Å²) in [5.74, 6) is 0.438. The molecular weight excluding hydrogens is 216 g/mol. The Morgan fingerprint density at radius 2 is 2.06 bits per heavy atom. The Hall–Kier alpha value is -0.860. The number of ketones is 1. The van der Waals surface area contributed by atoms with Crippen LogP contribution in [0.1, 0.15) is 51.9 Å². The van der Waals surface area contributed by atoms with E-state index >= 15 is 0 Å². The highest BCUT2D eigenvalue weighted by atomic mass is 16.5. The number of rotatable bonds is 7. The molecule has 2 saturated carbocycles. The predicted octanol–water partition coefficient (Wildman–Crippen LogP) is 2.73. The molecule has 2 aliphatic carbocycles. The van der Waals surface area contributed by atoms with Crippen LogP contribution in [0, 0.1) is 17.8 Å². The molecule has 0 aromatic heterocycles. The van der Waals surface area contributed by atoms with Gasteiger partial charge in [-0.05, 0) is 18.8 Å². The lowest BCUT2D eigenvalue weighted by molar-refractivity contribution is -0.147. The van der Waals surface area contributed by atoms with Crippen LogP contribution in [0.5, 0.6) is 0 Å². The summed E-state index contributed by atoms with van der Waals surface area (Å²) in [6, 6.07) is 0. The third-order valence-corrected chi connectivity index (χ3v) is 4.03. The van der Waals surface area contributed by atoms with Gasteiger partial charge in [0, 0.05) is 12.3 Å². The third kappa shape index (κ3) is 2.88. The molecule has 0 saturated heterocycles. The van der Waals surface area contributed by atoms with Gasteiger partial charge in [-0.1, -0.05) is 32.6 Å². The van der Waals surface area contributed by atoms with Crippen molar-refractivity contribution in [3.63, 3.8) is 0 Å². The summed E-state index contributed by atoms with van der Waals surface area (Å²) in [6.45, 7) is 2.72. The summed E-state index contributed by atoms with van der Waals surface area (Å²) in [6.07, 6.45) is 7.39. The molecule has 3 nitrogen and oxygen atoms in total. The van der Waals surface area contributed by atoms with Gasteiger partial charge in [-0.2, -0.15) is 0 Å². The van der Waals surface area contributed by atoms with Crippen molar-refractivity contribution in [3.05, 3.63) is 0 Å². The van der Waals surface area contributed by atoms with E-state index in [4.69, 9.17) is 4.74 Å². The largest absolute Gasteiger partial charge is 0.465 e. The Morgan fingerprint density at radius 1 is 1.29 bits per heavy atom. The van der Waals surface area contributed by atoms with Crippen LogP contribution >= 0.6 is 0 Å². The molecule has 2 aliphatic rings. The first-order valence-electron chi connectivity index (χ1n) is 6.95. The number of ether oxygens (including phenoxy) is 1. The van der Waals surface area contributed by atoms with E-state index < -0.39 is 0 Å². The zero-order valence-corrected chi connectivity index (χ0v) is 10.6. The zero-order chi connectivity index (χ0) is 12.3. The van der Waals surface area contributed by atoms with E-state index in [9.17, 15) is 9.59 Å². The maximum atomic E-state index is 11.7. The number of carbonyl (C=O) groups is 2. The zero-order valence-electron chi connectivity index (χ0n) is 10.6. The second-order valence-electron chi connectivity index (χ2n) is 5.30. The molecular formula is C14H22O3. The van der Waals surface area contributed by atoms with Crippen LogP contribution in [-0.2, 0) is 14.3 Å². The molecule has 3 atom stereocenters. The van der Waals surface area contributed by atoms with Crippen molar-refractivity contribution in [2.24, 2.45) is 17.8 Å². The number of fused-ring (bicyclic) bond motifs is 1. The van der Waals surface area contributed by atoms with Gasteiger partial charge >= 0.3 is 5.97 Å². The van der Waals surface area contributed by atoms with Crippen LogP contribution in [0.15, 0.2) is 0 Å². The molecule has 0 spiro atoms. The van der Waals surface area contributed by atoms with Gasteiger partial charge in [0.15, 0.2) is 0 Å². The van der Waals surface area contributed by atoms with Crippen molar-refractivity contribution in [1.82, 2.24) is 0 Å². The maximum absolute atomic E-state index is 11.7. The van der Waals surface area contributed by atoms with Crippen LogP contribution in [0.3, 0.4) is 0 Å². The van der Waals surface area contributed by atoms with E-state index in [1.54, 1.807) is 0 Å². The van der Waals surface area contributed by atoms with Crippen molar-refractivity contribution in [2.45, 2.75) is 51.9 Å². The molecule has 0 aromatic rings. The molecule has 2 rings (SSSR count). The van der Waals surface area contributed by atoms with Crippen LogP contribution in [0.2, 0.25) is 0 Å². The Kier molecular flexibility index (Phi) is 4.19. The topological polar surface area (TPSA) is 43.4 Å². The van der Waals surface area contributed by atoms with E-state index in [1.807, 2.05) is 0 Å². The van der Waals surface area contributed by atoms with E-state index in [1.165, 1.54) is 19.3 Å². The average Bonchev–Trinajstić information content (AvgIpc) is 2.94. The second-order valence-corrected chi connectivity index (χ2v) is 5.30. The summed E-state index contributed by atoms with van der Waals surface area (Å²) in [5.41, 5.74) is 0. The molecule has 2 fully saturated rings. The van der Waals surface area contributed by atoms with Crippen LogP contribution in [0.4, 0.5) is 0 Å². The van der Waals surface area contributed by atoms with Crippen molar-refractivity contribution in [1.29, 1.82) is 0 Å². The molecule has 0 radical (unpaired) electrons. The van der Waals surface area contributed by atoms with E-state index in [0.717, 1.165) is 19.3 Å². The highest BCUT2D eigenvalue weighted by Gasteiger charge is 2.62. The van der Waals surface area contributed by atoms with Crippen LogP contribution in [-0.4, -0.2) is 18.4 Å². The third-order valence-electron chi connectivity index (χ3n) is 4.03. The lowest BCUT2D eigenvalue weighted by atomic mass is 10.1. The fourth-order valence-electron chi connectivity index (χ4n) is 2.94. The van der Waals surface area contributed by atoms with Gasteiger partial charge in [-0.25, -0.2) is 0 Å². The molecule has 0 N–H and O–H groups in total. The Balaban J connectivity index is 1.55. The summed E-state index contributed by atoms with van der Waals surface area (Å²) >= 11 is 0. The van der Waals surface area contributed by atoms with Gasteiger partial charge in [0.1, 0.15) is 5.78 Å². The van der Waals surface area contributed by atoms with E-state index in [-0.39, 0.29) is 23.6 Å². The minimum absolute atomic E-state index is 0.0302. The smallest absolute Gasteiger partial charge is 0.309 e. The van der Waals surface area contributed by atoms with Crippen LogP contribution in [0.25, 0.3) is 0 Å². The summed E-state index contributed by atoms with van der Waals surface area (Å²) < 4.78 is 5.24. The van der Waals surface area contributed by atoms with Crippen molar-refractivity contribution >= 4 is 11.8 Å². The number of esters is 1. The first kappa shape index (κ1) is 12.6. The monoisotopic (exact) mass is 238 g/mol. The Morgan fingerprint density at radius 3 is 2.71 bits per heavy atom. The van der Waals surface area contributed by atoms with Gasteiger partial charge < -0.3 is 4.74 Å². The SMILES string of the molecule is CCCCCCCOC(=O)[C@H]1[C@@H]2CCC(=O)[C@@H]21. The number of Topliss-reactive ketones (excluding diaryl/α,β-unsaturated/α-hetero) is 1. The molecule has 0 heterocycles. The molecule has 96 valence electrons. The Labute approximate surface area is 103 Å². The van der Waals surface area contributed by atoms with Gasteiger partial charge in [0.2, 0.25) is 0 Å². The molecule has 0 amide bonds. The minimum Gasteiger partial charge on any atom is -0.465 e. The number of hydrogen-bond donors (Lipinski definition) is 0. The second kappa shape index (κ2) is 5.65. The average molecular weight is 238 g/mol. The van der Waals surface area contributed by atoms with Gasteiger partial charge in [-0.15, -0.1) is 0 Å². The van der Waals surface area contributed by atoms with Crippen molar-refractivity contribution < 1.29 is 14.3 Å². The minimum atomic E-state index is -0.122.